The van der Waals surface area contributed by atoms with Gasteiger partial charge in [0, 0.05) is 19.3 Å². The second-order valence-electron chi connectivity index (χ2n) is 6.97. The van der Waals surface area contributed by atoms with Gasteiger partial charge in [-0.2, -0.15) is 5.10 Å². The number of rotatable bonds is 3. The zero-order valence-corrected chi connectivity index (χ0v) is 13.8. The van der Waals surface area contributed by atoms with Gasteiger partial charge >= 0.3 is 0 Å². The Kier molecular flexibility index (Phi) is 3.25. The maximum Gasteiger partial charge on any atom is 0.252 e. The lowest BCUT2D eigenvalue weighted by Gasteiger charge is -2.18. The summed E-state index contributed by atoms with van der Waals surface area (Å²) in [6.45, 7) is 4.60. The molecule has 0 aromatic carbocycles. The average molecular weight is 310 g/mol. The summed E-state index contributed by atoms with van der Waals surface area (Å²) >= 11 is 0. The van der Waals surface area contributed by atoms with Crippen LogP contribution < -0.4 is 5.32 Å². The van der Waals surface area contributed by atoms with Crippen LogP contribution in [0, 0.1) is 31.6 Å². The quantitative estimate of drug-likeness (QED) is 0.886. The third kappa shape index (κ3) is 2.35. The molecule has 2 aromatic heterocycles. The first-order chi connectivity index (χ1) is 11.0. The Balaban J connectivity index is 1.58. The first-order valence-corrected chi connectivity index (χ1v) is 8.30. The minimum atomic E-state index is -0.0108. The number of hydrogen-bond acceptors (Lipinski definition) is 3. The van der Waals surface area contributed by atoms with Crippen LogP contribution in [-0.4, -0.2) is 27.2 Å². The molecule has 1 fully saturated rings. The number of aryl methyl sites for hydroxylation is 3. The number of fused-ring (bicyclic) bond motifs is 3. The van der Waals surface area contributed by atoms with Crippen LogP contribution in [0.2, 0.25) is 0 Å². The van der Waals surface area contributed by atoms with Gasteiger partial charge in [0.15, 0.2) is 5.65 Å². The number of allylic oxidation sites excluding steroid dienone is 2. The molecule has 1 N–H and O–H groups in total. The number of pyridine rings is 1. The van der Waals surface area contributed by atoms with Gasteiger partial charge in [0.2, 0.25) is 0 Å². The normalized spacial score (nSPS) is 25.4. The molecule has 0 radical (unpaired) electrons. The van der Waals surface area contributed by atoms with Gasteiger partial charge in [-0.3, -0.25) is 9.48 Å². The molecule has 1 amide bonds. The minimum absolute atomic E-state index is 0.0108. The van der Waals surface area contributed by atoms with Crippen molar-refractivity contribution >= 4 is 16.9 Å². The third-order valence-electron chi connectivity index (χ3n) is 5.28. The molecule has 2 heterocycles. The largest absolute Gasteiger partial charge is 0.352 e. The van der Waals surface area contributed by atoms with E-state index < -0.39 is 0 Å². The van der Waals surface area contributed by atoms with Gasteiger partial charge in [-0.1, -0.05) is 12.2 Å². The molecule has 4 rings (SSSR count). The van der Waals surface area contributed by atoms with E-state index in [1.54, 1.807) is 4.68 Å². The third-order valence-corrected chi connectivity index (χ3v) is 5.28. The first kappa shape index (κ1) is 14.4. The standard InChI is InChI=1S/C18H22N4O/c1-10-6-15(16-11(2)21-22(3)17(16)20-10)18(23)19-9-14-8-12-4-5-13(14)7-12/h4-6,12-14H,7-9H2,1-3H3,(H,19,23)/t12-,13+,14-/m0/s1. The topological polar surface area (TPSA) is 59.8 Å². The van der Waals surface area contributed by atoms with Gasteiger partial charge in [0.05, 0.1) is 16.6 Å². The van der Waals surface area contributed by atoms with Crippen LogP contribution in [0.4, 0.5) is 0 Å². The van der Waals surface area contributed by atoms with Gasteiger partial charge < -0.3 is 5.32 Å². The summed E-state index contributed by atoms with van der Waals surface area (Å²) in [6.07, 6.45) is 7.13. The van der Waals surface area contributed by atoms with E-state index in [9.17, 15) is 4.79 Å². The van der Waals surface area contributed by atoms with Gasteiger partial charge in [-0.15, -0.1) is 0 Å². The molecule has 5 heteroatoms. The number of aromatic nitrogens is 3. The van der Waals surface area contributed by atoms with Crippen molar-refractivity contribution in [2.45, 2.75) is 26.7 Å². The molecule has 0 spiro atoms. The van der Waals surface area contributed by atoms with Gasteiger partial charge in [-0.05, 0) is 50.5 Å². The van der Waals surface area contributed by atoms with Crippen molar-refractivity contribution in [3.8, 4) is 0 Å². The van der Waals surface area contributed by atoms with E-state index in [0.717, 1.165) is 34.9 Å². The first-order valence-electron chi connectivity index (χ1n) is 8.30. The van der Waals surface area contributed by atoms with Crippen molar-refractivity contribution < 1.29 is 4.79 Å². The number of hydrogen-bond donors (Lipinski definition) is 1. The molecule has 2 aliphatic rings. The van der Waals surface area contributed by atoms with Crippen molar-refractivity contribution in [1.82, 2.24) is 20.1 Å². The SMILES string of the molecule is Cc1cc(C(=O)NC[C@@H]2C[C@H]3C=C[C@@H]2C3)c2c(C)nn(C)c2n1. The summed E-state index contributed by atoms with van der Waals surface area (Å²) in [6, 6.07) is 1.87. The molecule has 2 aromatic rings. The maximum atomic E-state index is 12.7. The molecule has 0 saturated heterocycles. The summed E-state index contributed by atoms with van der Waals surface area (Å²) < 4.78 is 1.75. The van der Waals surface area contributed by atoms with E-state index in [1.807, 2.05) is 27.0 Å². The second kappa shape index (κ2) is 5.18. The Morgan fingerprint density at radius 1 is 1.35 bits per heavy atom. The number of carbonyl (C=O) groups is 1. The van der Waals surface area contributed by atoms with Crippen molar-refractivity contribution in [2.75, 3.05) is 6.54 Å². The van der Waals surface area contributed by atoms with Crippen LogP contribution in [0.25, 0.3) is 11.0 Å². The Morgan fingerprint density at radius 2 is 2.17 bits per heavy atom. The molecule has 0 aliphatic heterocycles. The van der Waals surface area contributed by atoms with Gasteiger partial charge in [-0.25, -0.2) is 4.98 Å². The zero-order chi connectivity index (χ0) is 16.1. The summed E-state index contributed by atoms with van der Waals surface area (Å²) in [5.74, 6) is 1.96. The molecule has 2 bridgehead atoms. The van der Waals surface area contributed by atoms with Crippen LogP contribution in [0.15, 0.2) is 18.2 Å². The Labute approximate surface area is 135 Å². The van der Waals surface area contributed by atoms with Crippen LogP contribution in [0.3, 0.4) is 0 Å². The lowest BCUT2D eigenvalue weighted by molar-refractivity contribution is 0.0946. The summed E-state index contributed by atoms with van der Waals surface area (Å²) in [5, 5.41) is 8.42. The van der Waals surface area contributed by atoms with Crippen molar-refractivity contribution in [3.05, 3.63) is 35.2 Å². The van der Waals surface area contributed by atoms with Crippen molar-refractivity contribution in [2.24, 2.45) is 24.8 Å². The summed E-state index contributed by atoms with van der Waals surface area (Å²) in [4.78, 5) is 17.3. The molecular weight excluding hydrogens is 288 g/mol. The smallest absolute Gasteiger partial charge is 0.252 e. The summed E-state index contributed by atoms with van der Waals surface area (Å²) in [5.41, 5.74) is 3.16. The van der Waals surface area contributed by atoms with Crippen molar-refractivity contribution in [1.29, 1.82) is 0 Å². The lowest BCUT2D eigenvalue weighted by atomic mass is 9.93. The fourth-order valence-electron chi connectivity index (χ4n) is 4.20. The Hall–Kier alpha value is -2.17. The highest BCUT2D eigenvalue weighted by Crippen LogP contribution is 2.43. The molecule has 23 heavy (non-hydrogen) atoms. The van der Waals surface area contributed by atoms with E-state index in [4.69, 9.17) is 0 Å². The number of nitrogens with zero attached hydrogens (tertiary/aromatic N) is 3. The number of carbonyl (C=O) groups excluding carboxylic acids is 1. The average Bonchev–Trinajstić information content (AvgIpc) is 3.20. The maximum absolute atomic E-state index is 12.7. The molecule has 1 saturated carbocycles. The van der Waals surface area contributed by atoms with Crippen molar-refractivity contribution in [3.63, 3.8) is 0 Å². The fraction of sp³-hybridized carbons (Fsp3) is 0.500. The molecule has 5 nitrogen and oxygen atoms in total. The molecule has 3 atom stereocenters. The van der Waals surface area contributed by atoms with E-state index in [1.165, 1.54) is 12.8 Å². The highest BCUT2D eigenvalue weighted by atomic mass is 16.1. The monoisotopic (exact) mass is 310 g/mol. The Morgan fingerprint density at radius 3 is 2.87 bits per heavy atom. The summed E-state index contributed by atoms with van der Waals surface area (Å²) in [7, 11) is 1.87. The molecule has 120 valence electrons. The molecular formula is C18H22N4O. The van der Waals surface area contributed by atoms with Crippen LogP contribution in [0.5, 0.6) is 0 Å². The zero-order valence-electron chi connectivity index (χ0n) is 13.8. The van der Waals surface area contributed by atoms with E-state index in [2.05, 4.69) is 27.6 Å². The minimum Gasteiger partial charge on any atom is -0.352 e. The predicted octanol–water partition coefficient (Wildman–Crippen LogP) is 2.53. The van der Waals surface area contributed by atoms with Crippen LogP contribution >= 0.6 is 0 Å². The molecule has 0 unspecified atom stereocenters. The van der Waals surface area contributed by atoms with Crippen LogP contribution in [-0.2, 0) is 7.05 Å². The Bertz CT molecular complexity index is 820. The van der Waals surface area contributed by atoms with Gasteiger partial charge in [0.25, 0.3) is 5.91 Å². The number of amides is 1. The lowest BCUT2D eigenvalue weighted by Crippen LogP contribution is -2.31. The second-order valence-corrected chi connectivity index (χ2v) is 6.97. The van der Waals surface area contributed by atoms with E-state index in [0.29, 0.717) is 17.4 Å². The number of nitrogens with one attached hydrogen (secondary N) is 1. The molecule has 2 aliphatic carbocycles. The fourth-order valence-corrected chi connectivity index (χ4v) is 4.20. The van der Waals surface area contributed by atoms with E-state index in [-0.39, 0.29) is 5.91 Å². The van der Waals surface area contributed by atoms with Gasteiger partial charge in [0.1, 0.15) is 0 Å². The highest BCUT2D eigenvalue weighted by Gasteiger charge is 2.35. The van der Waals surface area contributed by atoms with E-state index >= 15 is 0 Å². The predicted molar refractivity (Wildman–Crippen MR) is 89.2 cm³/mol. The van der Waals surface area contributed by atoms with Crippen LogP contribution in [0.1, 0.15) is 34.6 Å². The highest BCUT2D eigenvalue weighted by molar-refractivity contribution is 6.06.